The van der Waals surface area contributed by atoms with E-state index in [1.807, 2.05) is 0 Å². The van der Waals surface area contributed by atoms with Crippen LogP contribution in [0, 0.1) is 11.8 Å². The van der Waals surface area contributed by atoms with E-state index in [1.54, 1.807) is 6.92 Å². The van der Waals surface area contributed by atoms with E-state index >= 15 is 0 Å². The molecule has 8 nitrogen and oxygen atoms in total. The normalized spacial score (nSPS) is 29.2. The molecule has 13 heteroatoms. The first-order valence-corrected chi connectivity index (χ1v) is 13.7. The molecule has 1 fully saturated rings. The van der Waals surface area contributed by atoms with Gasteiger partial charge in [-0.15, -0.1) is 22.0 Å². The highest BCUT2D eigenvalue weighted by atomic mass is 19.4. The SMILES string of the molecule is C[C@@]1(C(=O)N[C@@H]2C[C@H](C3CCC(C(=O)O)CC3)Oc3cc(OC(F)(F)F)ccc32)CCc2cc3c(cc21)OC(F)(F)O3. The highest BCUT2D eigenvalue weighted by Gasteiger charge is 2.48. The molecule has 2 N–H and O–H groups in total. The summed E-state index contributed by atoms with van der Waals surface area (Å²) in [5, 5.41) is 12.4. The molecule has 1 saturated carbocycles. The molecule has 0 aromatic heterocycles. The fourth-order valence-corrected chi connectivity index (χ4v) is 6.67. The van der Waals surface area contributed by atoms with Crippen molar-refractivity contribution in [2.45, 2.75) is 82.1 Å². The predicted octanol–water partition coefficient (Wildman–Crippen LogP) is 6.01. The Kier molecular flexibility index (Phi) is 6.69. The number of ether oxygens (including phenoxy) is 4. The molecule has 42 heavy (non-hydrogen) atoms. The third-order valence-corrected chi connectivity index (χ3v) is 8.91. The zero-order valence-corrected chi connectivity index (χ0v) is 22.4. The minimum Gasteiger partial charge on any atom is -0.490 e. The fraction of sp³-hybridized carbons (Fsp3) is 0.517. The molecule has 226 valence electrons. The molecule has 0 bridgehead atoms. The first kappa shape index (κ1) is 28.4. The molecule has 6 rings (SSSR count). The van der Waals surface area contributed by atoms with Crippen LogP contribution in [0.25, 0.3) is 0 Å². The second kappa shape index (κ2) is 9.91. The Balaban J connectivity index is 1.27. The van der Waals surface area contributed by atoms with Crippen molar-refractivity contribution in [1.29, 1.82) is 0 Å². The maximum atomic E-state index is 13.9. The van der Waals surface area contributed by atoms with Crippen LogP contribution in [0.2, 0.25) is 0 Å². The van der Waals surface area contributed by atoms with E-state index in [0.717, 1.165) is 12.1 Å². The smallest absolute Gasteiger partial charge is 0.490 e. The summed E-state index contributed by atoms with van der Waals surface area (Å²) in [5.41, 5.74) is 0.589. The van der Waals surface area contributed by atoms with Crippen LogP contribution >= 0.6 is 0 Å². The number of rotatable bonds is 5. The molecule has 4 aliphatic rings. The number of nitrogens with one attached hydrogen (secondary N) is 1. The highest BCUT2D eigenvalue weighted by Crippen LogP contribution is 2.50. The number of fused-ring (bicyclic) bond motifs is 3. The van der Waals surface area contributed by atoms with E-state index < -0.39 is 47.9 Å². The molecule has 0 unspecified atom stereocenters. The van der Waals surface area contributed by atoms with Crippen molar-refractivity contribution in [3.63, 3.8) is 0 Å². The van der Waals surface area contributed by atoms with Crippen molar-refractivity contribution >= 4 is 11.9 Å². The van der Waals surface area contributed by atoms with Gasteiger partial charge in [0.2, 0.25) is 5.91 Å². The molecule has 0 spiro atoms. The topological polar surface area (TPSA) is 103 Å². The Labute approximate surface area is 237 Å². The number of carboxylic acids is 1. The number of carboxylic acid groups (broad SMARTS) is 1. The minimum absolute atomic E-state index is 0.0652. The number of hydrogen-bond acceptors (Lipinski definition) is 6. The average molecular weight is 598 g/mol. The van der Waals surface area contributed by atoms with Crippen LogP contribution in [-0.2, 0) is 21.4 Å². The van der Waals surface area contributed by atoms with Crippen LogP contribution < -0.4 is 24.3 Å². The van der Waals surface area contributed by atoms with Crippen molar-refractivity contribution in [1.82, 2.24) is 5.32 Å². The maximum absolute atomic E-state index is 13.9. The largest absolute Gasteiger partial charge is 0.586 e. The lowest BCUT2D eigenvalue weighted by Crippen LogP contribution is -2.46. The number of alkyl halides is 5. The van der Waals surface area contributed by atoms with Gasteiger partial charge in [0.1, 0.15) is 17.6 Å². The van der Waals surface area contributed by atoms with Gasteiger partial charge in [-0.2, -0.15) is 0 Å². The van der Waals surface area contributed by atoms with Gasteiger partial charge in [-0.1, -0.05) is 0 Å². The molecule has 3 atom stereocenters. The Hall–Kier alpha value is -3.77. The fourth-order valence-electron chi connectivity index (χ4n) is 6.67. The monoisotopic (exact) mass is 597 g/mol. The van der Waals surface area contributed by atoms with Gasteiger partial charge in [-0.05, 0) is 86.8 Å². The lowest BCUT2D eigenvalue weighted by atomic mass is 9.76. The molecule has 1 amide bonds. The van der Waals surface area contributed by atoms with Gasteiger partial charge in [-0.25, -0.2) is 0 Å². The van der Waals surface area contributed by atoms with Crippen LogP contribution in [0.5, 0.6) is 23.0 Å². The standard InChI is InChI=1S/C29H28F5NO7/c1-27(9-8-16-10-23-24(12-19(16)27)42-29(33,34)41-23)26(38)35-20-13-21(14-2-4-15(5-3-14)25(36)37)39-22-11-17(6-7-18(20)22)40-28(30,31)32/h6-7,10-12,14-15,20-21H,2-5,8-9,13H2,1H3,(H,35,38)(H,36,37)/t14?,15?,20-,21-,27-/m1/s1. The second-order valence-electron chi connectivity index (χ2n) is 11.6. The van der Waals surface area contributed by atoms with E-state index in [1.165, 1.54) is 18.2 Å². The summed E-state index contributed by atoms with van der Waals surface area (Å²) in [5.74, 6) is -2.36. The van der Waals surface area contributed by atoms with Gasteiger partial charge in [0.05, 0.1) is 17.4 Å². The maximum Gasteiger partial charge on any atom is 0.586 e. The summed E-state index contributed by atoms with van der Waals surface area (Å²) in [7, 11) is 0. The molecule has 2 aliphatic heterocycles. The summed E-state index contributed by atoms with van der Waals surface area (Å²) < 4.78 is 85.5. The molecular formula is C29H28F5NO7. The summed E-state index contributed by atoms with van der Waals surface area (Å²) in [6, 6.07) is 5.94. The van der Waals surface area contributed by atoms with Crippen LogP contribution in [0.3, 0.4) is 0 Å². The summed E-state index contributed by atoms with van der Waals surface area (Å²) >= 11 is 0. The van der Waals surface area contributed by atoms with E-state index in [0.29, 0.717) is 61.6 Å². The van der Waals surface area contributed by atoms with Crippen LogP contribution in [0.1, 0.15) is 68.2 Å². The Bertz CT molecular complexity index is 1420. The molecule has 2 heterocycles. The van der Waals surface area contributed by atoms with Gasteiger partial charge in [0, 0.05) is 18.1 Å². The van der Waals surface area contributed by atoms with Crippen LogP contribution in [0.4, 0.5) is 22.0 Å². The number of carbonyl (C=O) groups excluding carboxylic acids is 1. The lowest BCUT2D eigenvalue weighted by Gasteiger charge is -2.40. The van der Waals surface area contributed by atoms with E-state index in [4.69, 9.17) is 4.74 Å². The molecule has 2 aromatic carbocycles. The number of aryl methyl sites for hydroxylation is 1. The molecule has 0 radical (unpaired) electrons. The van der Waals surface area contributed by atoms with E-state index in [2.05, 4.69) is 19.5 Å². The van der Waals surface area contributed by atoms with Gasteiger partial charge in [0.15, 0.2) is 11.5 Å². The summed E-state index contributed by atoms with van der Waals surface area (Å²) in [6.45, 7) is 1.71. The first-order chi connectivity index (χ1) is 19.7. The first-order valence-electron chi connectivity index (χ1n) is 13.7. The zero-order chi connectivity index (χ0) is 30.0. The Morgan fingerprint density at radius 3 is 2.38 bits per heavy atom. The number of aliphatic carboxylic acids is 1. The molecule has 2 aliphatic carbocycles. The Morgan fingerprint density at radius 2 is 1.71 bits per heavy atom. The van der Waals surface area contributed by atoms with E-state index in [-0.39, 0.29) is 29.1 Å². The highest BCUT2D eigenvalue weighted by molar-refractivity contribution is 5.90. The molecule has 0 saturated heterocycles. The van der Waals surface area contributed by atoms with Gasteiger partial charge < -0.3 is 29.4 Å². The van der Waals surface area contributed by atoms with Crippen molar-refractivity contribution < 1.29 is 55.6 Å². The van der Waals surface area contributed by atoms with Gasteiger partial charge in [0.25, 0.3) is 0 Å². The van der Waals surface area contributed by atoms with Crippen LogP contribution in [-0.4, -0.2) is 35.7 Å². The molecule has 2 aromatic rings. The second-order valence-corrected chi connectivity index (χ2v) is 11.6. The summed E-state index contributed by atoms with van der Waals surface area (Å²) in [4.78, 5) is 25.3. The van der Waals surface area contributed by atoms with Crippen molar-refractivity contribution in [3.05, 3.63) is 47.0 Å². The lowest BCUT2D eigenvalue weighted by molar-refractivity contribution is -0.286. The average Bonchev–Trinajstić information content (AvgIpc) is 3.40. The van der Waals surface area contributed by atoms with Crippen LogP contribution in [0.15, 0.2) is 30.3 Å². The number of benzene rings is 2. The zero-order valence-electron chi connectivity index (χ0n) is 22.4. The quantitative estimate of drug-likeness (QED) is 0.407. The minimum atomic E-state index is -4.91. The third kappa shape index (κ3) is 5.29. The predicted molar refractivity (Wildman–Crippen MR) is 134 cm³/mol. The van der Waals surface area contributed by atoms with Crippen molar-refractivity contribution in [2.75, 3.05) is 0 Å². The number of halogens is 5. The van der Waals surface area contributed by atoms with Crippen molar-refractivity contribution in [3.8, 4) is 23.0 Å². The van der Waals surface area contributed by atoms with Crippen molar-refractivity contribution in [2.24, 2.45) is 11.8 Å². The number of carbonyl (C=O) groups is 2. The number of hydrogen-bond donors (Lipinski definition) is 2. The van der Waals surface area contributed by atoms with E-state index in [9.17, 15) is 36.6 Å². The Morgan fingerprint density at radius 1 is 1.02 bits per heavy atom. The summed E-state index contributed by atoms with van der Waals surface area (Å²) in [6.07, 6.45) is -6.03. The number of amides is 1. The molecular weight excluding hydrogens is 569 g/mol. The van der Waals surface area contributed by atoms with Gasteiger partial charge in [-0.3, -0.25) is 9.59 Å². The third-order valence-electron chi connectivity index (χ3n) is 8.91. The van der Waals surface area contributed by atoms with Gasteiger partial charge >= 0.3 is 18.6 Å².